The minimum absolute atomic E-state index is 0.144. The van der Waals surface area contributed by atoms with E-state index >= 15 is 0 Å². The second kappa shape index (κ2) is 7.52. The second-order valence-corrected chi connectivity index (χ2v) is 8.83. The van der Waals surface area contributed by atoms with Crippen LogP contribution in [0.3, 0.4) is 0 Å². The molecule has 3 rings (SSSR count). The highest BCUT2D eigenvalue weighted by atomic mass is 32.2. The number of nitrogens with zero attached hydrogens (tertiary/aromatic N) is 1. The molecule has 0 spiro atoms. The van der Waals surface area contributed by atoms with Crippen molar-refractivity contribution in [3.8, 4) is 0 Å². The van der Waals surface area contributed by atoms with E-state index in [1.165, 1.54) is 4.90 Å². The van der Waals surface area contributed by atoms with Crippen molar-refractivity contribution >= 4 is 21.7 Å². The highest BCUT2D eigenvalue weighted by Gasteiger charge is 2.31. The number of carbonyl (C=O) groups excluding carboxylic acids is 1. The summed E-state index contributed by atoms with van der Waals surface area (Å²) in [4.78, 5) is 25.3. The van der Waals surface area contributed by atoms with Crippen LogP contribution in [0.15, 0.2) is 53.4 Å². The molecule has 0 unspecified atom stereocenters. The second-order valence-electron chi connectivity index (χ2n) is 6.84. The average Bonchev–Trinajstić information content (AvgIpc) is 3.12. The van der Waals surface area contributed by atoms with Crippen LogP contribution in [0.2, 0.25) is 0 Å². The normalized spacial score (nSPS) is 17.1. The summed E-state index contributed by atoms with van der Waals surface area (Å²) < 4.78 is 25.0. The summed E-state index contributed by atoms with van der Waals surface area (Å²) in [6.45, 7) is 2.52. The van der Waals surface area contributed by atoms with E-state index in [2.05, 4.69) is 0 Å². The molecule has 1 heterocycles. The van der Waals surface area contributed by atoms with Gasteiger partial charge in [-0.25, -0.2) is 8.42 Å². The molecule has 2 aromatic rings. The van der Waals surface area contributed by atoms with Crippen LogP contribution in [-0.4, -0.2) is 43.4 Å². The van der Waals surface area contributed by atoms with Gasteiger partial charge in [0, 0.05) is 18.7 Å². The first-order valence-electron chi connectivity index (χ1n) is 8.67. The molecule has 1 saturated heterocycles. The maximum atomic E-state index is 12.5. The van der Waals surface area contributed by atoms with Crippen molar-refractivity contribution in [1.82, 2.24) is 4.90 Å². The minimum atomic E-state index is -3.46. The van der Waals surface area contributed by atoms with Crippen LogP contribution >= 0.6 is 0 Å². The number of benzene rings is 2. The Bertz CT molecular complexity index is 949. The van der Waals surface area contributed by atoms with Gasteiger partial charge in [-0.15, -0.1) is 0 Å². The van der Waals surface area contributed by atoms with E-state index in [0.717, 1.165) is 5.56 Å². The fraction of sp³-hybridized carbons (Fsp3) is 0.300. The number of carbonyl (C=O) groups is 2. The van der Waals surface area contributed by atoms with E-state index < -0.39 is 21.7 Å². The SMILES string of the molecule is Cc1ccc(S(=O)(=O)Cc2ccc(C(=O)N3CC[C@H](C(=O)O)C3)cc2)cc1. The van der Waals surface area contributed by atoms with Crippen molar-refractivity contribution in [2.75, 3.05) is 13.1 Å². The molecule has 7 heteroatoms. The van der Waals surface area contributed by atoms with E-state index in [4.69, 9.17) is 5.11 Å². The predicted molar refractivity (Wildman–Crippen MR) is 100 cm³/mol. The Morgan fingerprint density at radius 2 is 1.70 bits per heavy atom. The van der Waals surface area contributed by atoms with Crippen molar-refractivity contribution in [3.05, 3.63) is 65.2 Å². The van der Waals surface area contributed by atoms with Crippen LogP contribution in [0.4, 0.5) is 0 Å². The Balaban J connectivity index is 1.69. The summed E-state index contributed by atoms with van der Waals surface area (Å²) in [5.74, 6) is -1.78. The van der Waals surface area contributed by atoms with Crippen LogP contribution in [0.1, 0.15) is 27.9 Å². The van der Waals surface area contributed by atoms with Crippen molar-refractivity contribution in [2.45, 2.75) is 24.0 Å². The number of hydrogen-bond acceptors (Lipinski definition) is 4. The van der Waals surface area contributed by atoms with Gasteiger partial charge >= 0.3 is 5.97 Å². The third-order valence-corrected chi connectivity index (χ3v) is 6.47. The number of sulfone groups is 1. The quantitative estimate of drug-likeness (QED) is 0.851. The highest BCUT2D eigenvalue weighted by Crippen LogP contribution is 2.21. The number of amides is 1. The summed E-state index contributed by atoms with van der Waals surface area (Å²) >= 11 is 0. The van der Waals surface area contributed by atoms with Crippen LogP contribution in [0, 0.1) is 12.8 Å². The lowest BCUT2D eigenvalue weighted by atomic mass is 10.1. The lowest BCUT2D eigenvalue weighted by Crippen LogP contribution is -2.29. The van der Waals surface area contributed by atoms with E-state index in [9.17, 15) is 18.0 Å². The number of aryl methyl sites for hydroxylation is 1. The molecule has 1 aliphatic rings. The van der Waals surface area contributed by atoms with Crippen molar-refractivity contribution in [2.24, 2.45) is 5.92 Å². The Kier molecular flexibility index (Phi) is 5.32. The molecule has 0 aliphatic carbocycles. The first kappa shape index (κ1) is 19.1. The lowest BCUT2D eigenvalue weighted by Gasteiger charge is -2.16. The van der Waals surface area contributed by atoms with Gasteiger partial charge in [0.1, 0.15) is 0 Å². The van der Waals surface area contributed by atoms with E-state index in [0.29, 0.717) is 24.1 Å². The van der Waals surface area contributed by atoms with Gasteiger partial charge in [0.05, 0.1) is 16.6 Å². The summed E-state index contributed by atoms with van der Waals surface area (Å²) in [5.41, 5.74) is 2.01. The highest BCUT2D eigenvalue weighted by molar-refractivity contribution is 7.90. The molecule has 1 atom stereocenters. The van der Waals surface area contributed by atoms with Gasteiger partial charge in [-0.05, 0) is 43.2 Å². The number of likely N-dealkylation sites (tertiary alicyclic amines) is 1. The van der Waals surface area contributed by atoms with Crippen molar-refractivity contribution in [1.29, 1.82) is 0 Å². The molecule has 1 amide bonds. The van der Waals surface area contributed by atoms with Gasteiger partial charge < -0.3 is 10.0 Å². The fourth-order valence-corrected chi connectivity index (χ4v) is 4.47. The first-order valence-corrected chi connectivity index (χ1v) is 10.3. The molecule has 142 valence electrons. The molecular weight excluding hydrogens is 366 g/mol. The number of hydrogen-bond donors (Lipinski definition) is 1. The standard InChI is InChI=1S/C20H21NO5S/c1-14-2-8-18(9-3-14)27(25,26)13-15-4-6-16(7-5-15)19(22)21-11-10-17(12-21)20(23)24/h2-9,17H,10-13H2,1H3,(H,23,24)/t17-/m0/s1. The summed E-state index contributed by atoms with van der Waals surface area (Å²) in [7, 11) is -3.46. The zero-order valence-corrected chi connectivity index (χ0v) is 15.8. The van der Waals surface area contributed by atoms with Crippen LogP contribution in [0.5, 0.6) is 0 Å². The van der Waals surface area contributed by atoms with E-state index in [1.54, 1.807) is 48.5 Å². The minimum Gasteiger partial charge on any atom is -0.481 e. The van der Waals surface area contributed by atoms with Gasteiger partial charge in [0.2, 0.25) is 0 Å². The predicted octanol–water partition coefficient (Wildman–Crippen LogP) is 2.52. The zero-order chi connectivity index (χ0) is 19.6. The molecular formula is C20H21NO5S. The van der Waals surface area contributed by atoms with Gasteiger partial charge in [-0.1, -0.05) is 29.8 Å². The largest absolute Gasteiger partial charge is 0.481 e. The van der Waals surface area contributed by atoms with E-state index in [1.807, 2.05) is 6.92 Å². The van der Waals surface area contributed by atoms with Crippen LogP contribution in [0.25, 0.3) is 0 Å². The smallest absolute Gasteiger partial charge is 0.308 e. The molecule has 0 radical (unpaired) electrons. The fourth-order valence-electron chi connectivity index (χ4n) is 3.12. The Hall–Kier alpha value is -2.67. The number of aliphatic carboxylic acids is 1. The molecule has 6 nitrogen and oxygen atoms in total. The van der Waals surface area contributed by atoms with Crippen LogP contribution < -0.4 is 0 Å². The molecule has 0 bridgehead atoms. The molecule has 1 N–H and O–H groups in total. The van der Waals surface area contributed by atoms with Gasteiger partial charge in [-0.3, -0.25) is 9.59 Å². The summed E-state index contributed by atoms with van der Waals surface area (Å²) in [6.07, 6.45) is 0.452. The third kappa shape index (κ3) is 4.36. The Morgan fingerprint density at radius 1 is 1.07 bits per heavy atom. The molecule has 0 aromatic heterocycles. The monoisotopic (exact) mass is 387 g/mol. The summed E-state index contributed by atoms with van der Waals surface area (Å²) in [6, 6.07) is 13.1. The molecule has 27 heavy (non-hydrogen) atoms. The molecule has 0 saturated carbocycles. The van der Waals surface area contributed by atoms with Crippen molar-refractivity contribution in [3.63, 3.8) is 0 Å². The number of carboxylic acid groups (broad SMARTS) is 1. The lowest BCUT2D eigenvalue weighted by molar-refractivity contribution is -0.141. The Labute approximate surface area is 158 Å². The van der Waals surface area contributed by atoms with Gasteiger partial charge in [0.25, 0.3) is 5.91 Å². The molecule has 2 aromatic carbocycles. The molecule has 1 aliphatic heterocycles. The number of rotatable bonds is 5. The topological polar surface area (TPSA) is 91.8 Å². The maximum Gasteiger partial charge on any atom is 0.308 e. The zero-order valence-electron chi connectivity index (χ0n) is 15.0. The summed E-state index contributed by atoms with van der Waals surface area (Å²) in [5, 5.41) is 9.04. The Morgan fingerprint density at radius 3 is 2.26 bits per heavy atom. The van der Waals surface area contributed by atoms with Crippen molar-refractivity contribution < 1.29 is 23.1 Å². The van der Waals surface area contributed by atoms with Crippen LogP contribution in [-0.2, 0) is 20.4 Å². The number of carboxylic acids is 1. The van der Waals surface area contributed by atoms with Gasteiger partial charge in [-0.2, -0.15) is 0 Å². The van der Waals surface area contributed by atoms with Gasteiger partial charge in [0.15, 0.2) is 9.84 Å². The molecule has 1 fully saturated rings. The first-order chi connectivity index (χ1) is 12.8. The average molecular weight is 387 g/mol. The van der Waals surface area contributed by atoms with E-state index in [-0.39, 0.29) is 23.1 Å². The third-order valence-electron chi connectivity index (χ3n) is 4.76. The maximum absolute atomic E-state index is 12.5.